The maximum atomic E-state index is 13.6. The first-order valence-electron chi connectivity index (χ1n) is 23.0. The first kappa shape index (κ1) is 45.4. The molecule has 65 heavy (non-hydrogen) atoms. The zero-order chi connectivity index (χ0) is 46.2. The summed E-state index contributed by atoms with van der Waals surface area (Å²) < 4.78 is 13.0. The van der Waals surface area contributed by atoms with Crippen molar-refractivity contribution in [1.29, 1.82) is 5.26 Å². The molecule has 5 aliphatic heterocycles. The Hall–Kier alpha value is -4.72. The Morgan fingerprint density at radius 1 is 0.954 bits per heavy atom. The predicted molar refractivity (Wildman–Crippen MR) is 251 cm³/mol. The number of hydrogen-bond acceptors (Lipinski definition) is 12. The number of benzene rings is 3. The molecule has 5 fully saturated rings. The van der Waals surface area contributed by atoms with E-state index in [0.29, 0.717) is 47.3 Å². The number of carbonyl (C=O) groups excluding carboxylic acids is 2. The number of likely N-dealkylation sites (N-methyl/N-ethyl adjacent to an activating group) is 2. The van der Waals surface area contributed by atoms with E-state index in [1.54, 1.807) is 44.0 Å². The molecular weight excluding hydrogens is 842 g/mol. The van der Waals surface area contributed by atoms with E-state index in [2.05, 4.69) is 88.9 Å². The molecule has 9 rings (SSSR count). The Balaban J connectivity index is 0.728. The summed E-state index contributed by atoms with van der Waals surface area (Å²) in [7, 11) is 4.04. The highest BCUT2D eigenvalue weighted by atomic mass is 35.5. The number of fused-ring (bicyclic) bond motifs is 1. The molecule has 0 bridgehead atoms. The van der Waals surface area contributed by atoms with Crippen LogP contribution in [-0.2, 0) is 15.2 Å². The SMILES string of the molecule is CN1C=C(c2cc(C(C)(C)O)ccc2Oc2ccc(N3CC(N(C)C4CN(C5NCC(C(=O)NC6C(C)(C)C(Oc7ccc(C#N)c(Cl)c7)C6(C)C)CN5)C4)C3)cc2)C2CCNC2C1=O. The molecule has 0 radical (unpaired) electrons. The van der Waals surface area contributed by atoms with Gasteiger partial charge >= 0.3 is 0 Å². The standard InChI is InChI=1S/C50H64ClN9O5/c1-48(2)45(49(3,4)46(48)65-36-13-9-29(21-52)40(51)20-36)56-43(61)30-22-54-47(55-23-30)60-26-34(27-60)58(8)33-24-59(25-33)32-11-14-35(15-12-32)64-41-16-10-31(50(5,6)63)19-38(41)39-28-57(7)44(62)42-37(39)17-18-53-42/h9-16,19-20,28,30,33-34,37,42,45-47,53-55,63H,17-18,22-27H2,1-8H3,(H,56,61). The fraction of sp³-hybridized carbons (Fsp3) is 0.540. The van der Waals surface area contributed by atoms with Crippen LogP contribution in [0.1, 0.15) is 64.7 Å². The van der Waals surface area contributed by atoms with Crippen LogP contribution < -0.4 is 35.6 Å². The first-order chi connectivity index (χ1) is 30.8. The molecule has 1 aliphatic carbocycles. The number of amides is 2. The van der Waals surface area contributed by atoms with Crippen LogP contribution in [0.15, 0.2) is 66.9 Å². The number of aliphatic hydroxyl groups is 1. The molecule has 3 aromatic rings. The number of ether oxygens (including phenoxy) is 2. The third-order valence-electron chi connectivity index (χ3n) is 15.2. The van der Waals surface area contributed by atoms with Gasteiger partial charge in [-0.3, -0.25) is 30.0 Å². The predicted octanol–water partition coefficient (Wildman–Crippen LogP) is 4.92. The second-order valence-electron chi connectivity index (χ2n) is 20.8. The third-order valence-corrected chi connectivity index (χ3v) is 15.5. The molecular formula is C50H64ClN9O5. The van der Waals surface area contributed by atoms with E-state index in [1.165, 1.54) is 0 Å². The van der Waals surface area contributed by atoms with Crippen molar-refractivity contribution < 1.29 is 24.2 Å². The zero-order valence-corrected chi connectivity index (χ0v) is 39.6. The summed E-state index contributed by atoms with van der Waals surface area (Å²) in [6.07, 6.45) is 2.67. The van der Waals surface area contributed by atoms with Gasteiger partial charge in [0, 0.05) is 105 Å². The maximum absolute atomic E-state index is 13.6. The van der Waals surface area contributed by atoms with Crippen molar-refractivity contribution >= 4 is 34.7 Å². The highest BCUT2D eigenvalue weighted by Gasteiger charge is 2.64. The lowest BCUT2D eigenvalue weighted by atomic mass is 9.49. The van der Waals surface area contributed by atoms with Gasteiger partial charge in [-0.2, -0.15) is 5.26 Å². The molecule has 15 heteroatoms. The topological polar surface area (TPSA) is 158 Å². The van der Waals surface area contributed by atoms with Crippen molar-refractivity contribution in [2.75, 3.05) is 64.8 Å². The molecule has 5 N–H and O–H groups in total. The van der Waals surface area contributed by atoms with Gasteiger partial charge in [0.05, 0.1) is 28.1 Å². The fourth-order valence-electron chi connectivity index (χ4n) is 11.4. The Bertz CT molecular complexity index is 2360. The minimum atomic E-state index is -1.03. The van der Waals surface area contributed by atoms with Crippen LogP contribution in [0.5, 0.6) is 17.2 Å². The normalized spacial score (nSPS) is 27.8. The molecule has 2 amide bonds. The van der Waals surface area contributed by atoms with Gasteiger partial charge in [0.2, 0.25) is 11.8 Å². The molecule has 14 nitrogen and oxygen atoms in total. The van der Waals surface area contributed by atoms with Crippen LogP contribution in [0.3, 0.4) is 0 Å². The molecule has 6 aliphatic rings. The van der Waals surface area contributed by atoms with E-state index < -0.39 is 5.60 Å². The summed E-state index contributed by atoms with van der Waals surface area (Å²) in [5, 5.41) is 34.4. The number of rotatable bonds is 12. The van der Waals surface area contributed by atoms with Gasteiger partial charge in [0.25, 0.3) is 0 Å². The Morgan fingerprint density at radius 3 is 2.26 bits per heavy atom. The van der Waals surface area contributed by atoms with E-state index in [-0.39, 0.29) is 59.0 Å². The highest BCUT2D eigenvalue weighted by Crippen LogP contribution is 2.56. The number of nitrogens with one attached hydrogen (secondary N) is 4. The molecule has 4 saturated heterocycles. The average molecular weight is 907 g/mol. The average Bonchev–Trinajstić information content (AvgIpc) is 3.73. The van der Waals surface area contributed by atoms with Gasteiger partial charge < -0.3 is 35.0 Å². The summed E-state index contributed by atoms with van der Waals surface area (Å²) in [6, 6.07) is 21.9. The number of carbonyl (C=O) groups is 2. The van der Waals surface area contributed by atoms with Crippen LogP contribution in [0.4, 0.5) is 5.69 Å². The summed E-state index contributed by atoms with van der Waals surface area (Å²) in [4.78, 5) is 35.5. The second-order valence-corrected chi connectivity index (χ2v) is 21.2. The molecule has 0 aromatic heterocycles. The summed E-state index contributed by atoms with van der Waals surface area (Å²) in [5.74, 6) is 2.00. The van der Waals surface area contributed by atoms with E-state index in [1.807, 2.05) is 36.5 Å². The Labute approximate surface area is 388 Å². The van der Waals surface area contributed by atoms with Crippen molar-refractivity contribution in [3.8, 4) is 23.3 Å². The fourth-order valence-corrected chi connectivity index (χ4v) is 11.6. The number of nitrogens with zero attached hydrogens (tertiary/aromatic N) is 5. The van der Waals surface area contributed by atoms with Gasteiger partial charge in [-0.15, -0.1) is 0 Å². The van der Waals surface area contributed by atoms with Crippen LogP contribution in [0.25, 0.3) is 5.57 Å². The van der Waals surface area contributed by atoms with Gasteiger partial charge in [-0.05, 0) is 93.5 Å². The smallest absolute Gasteiger partial charge is 0.244 e. The van der Waals surface area contributed by atoms with E-state index in [0.717, 1.165) is 67.3 Å². The zero-order valence-electron chi connectivity index (χ0n) is 38.8. The quantitative estimate of drug-likeness (QED) is 0.168. The maximum Gasteiger partial charge on any atom is 0.244 e. The lowest BCUT2D eigenvalue weighted by Gasteiger charge is -2.63. The molecule has 0 spiro atoms. The van der Waals surface area contributed by atoms with Crippen molar-refractivity contribution in [2.45, 2.75) is 90.1 Å². The van der Waals surface area contributed by atoms with Gasteiger partial charge in [0.15, 0.2) is 0 Å². The number of anilines is 1. The number of halogens is 1. The molecule has 2 atom stereocenters. The summed E-state index contributed by atoms with van der Waals surface area (Å²) in [6.45, 7) is 17.9. The van der Waals surface area contributed by atoms with Gasteiger partial charge in [-0.25, -0.2) is 0 Å². The second kappa shape index (κ2) is 17.2. The minimum Gasteiger partial charge on any atom is -0.489 e. The molecule has 3 aromatic carbocycles. The number of likely N-dealkylation sites (tertiary alicyclic amines) is 1. The monoisotopic (exact) mass is 905 g/mol. The van der Waals surface area contributed by atoms with Crippen molar-refractivity contribution in [2.24, 2.45) is 22.7 Å². The molecule has 5 heterocycles. The van der Waals surface area contributed by atoms with Crippen LogP contribution in [0, 0.1) is 34.0 Å². The van der Waals surface area contributed by atoms with Gasteiger partial charge in [-0.1, -0.05) is 45.4 Å². The van der Waals surface area contributed by atoms with Crippen LogP contribution >= 0.6 is 11.6 Å². The molecule has 1 saturated carbocycles. The van der Waals surface area contributed by atoms with E-state index in [4.69, 9.17) is 21.1 Å². The highest BCUT2D eigenvalue weighted by molar-refractivity contribution is 6.31. The Kier molecular flexibility index (Phi) is 12.0. The largest absolute Gasteiger partial charge is 0.489 e. The van der Waals surface area contributed by atoms with E-state index >= 15 is 0 Å². The Morgan fingerprint density at radius 2 is 1.62 bits per heavy atom. The minimum absolute atomic E-state index is 0.0352. The van der Waals surface area contributed by atoms with Crippen molar-refractivity contribution in [1.82, 2.24) is 36.0 Å². The van der Waals surface area contributed by atoms with Gasteiger partial charge in [0.1, 0.15) is 35.7 Å². The lowest BCUT2D eigenvalue weighted by Crippen LogP contribution is -2.76. The van der Waals surface area contributed by atoms with E-state index in [9.17, 15) is 20.0 Å². The third kappa shape index (κ3) is 8.50. The summed E-state index contributed by atoms with van der Waals surface area (Å²) >= 11 is 6.28. The number of nitriles is 1. The molecule has 2 unspecified atom stereocenters. The van der Waals surface area contributed by atoms with Crippen LogP contribution in [-0.4, -0.2) is 128 Å². The van der Waals surface area contributed by atoms with Crippen LogP contribution in [0.2, 0.25) is 5.02 Å². The summed E-state index contributed by atoms with van der Waals surface area (Å²) in [5.41, 5.74) is 2.62. The number of hydrogen-bond donors (Lipinski definition) is 5. The molecule has 346 valence electrons. The first-order valence-corrected chi connectivity index (χ1v) is 23.4. The lowest BCUT2D eigenvalue weighted by molar-refractivity contribution is -0.175. The van der Waals surface area contributed by atoms with Crippen molar-refractivity contribution in [3.05, 3.63) is 88.6 Å². The van der Waals surface area contributed by atoms with Crippen molar-refractivity contribution in [3.63, 3.8) is 0 Å².